The molecule has 0 aromatic carbocycles. The molecule has 66 valence electrons. The van der Waals surface area contributed by atoms with Crippen LogP contribution < -0.4 is 0 Å². The summed E-state index contributed by atoms with van der Waals surface area (Å²) in [7, 11) is 0. The van der Waals surface area contributed by atoms with Crippen LogP contribution in [0.2, 0.25) is 0 Å². The predicted octanol–water partition coefficient (Wildman–Crippen LogP) is 4.02. The van der Waals surface area contributed by atoms with Crippen molar-refractivity contribution in [2.75, 3.05) is 0 Å². The summed E-state index contributed by atoms with van der Waals surface area (Å²) < 4.78 is 0. The van der Waals surface area contributed by atoms with Crippen molar-refractivity contribution >= 4 is 0 Å². The maximum Gasteiger partial charge on any atom is -0.0317 e. The average Bonchev–Trinajstić information content (AvgIpc) is 1.80. The highest BCUT2D eigenvalue weighted by Gasteiger charge is 2.18. The minimum Gasteiger partial charge on any atom is -0.0856 e. The van der Waals surface area contributed by atoms with Gasteiger partial charge in [-0.2, -0.15) is 0 Å². The van der Waals surface area contributed by atoms with E-state index in [1.807, 2.05) is 0 Å². The second-order valence-electron chi connectivity index (χ2n) is 4.78. The van der Waals surface area contributed by atoms with Crippen LogP contribution in [0.3, 0.4) is 0 Å². The first-order valence-electron chi connectivity index (χ1n) is 4.47. The van der Waals surface area contributed by atoms with Gasteiger partial charge in [0.1, 0.15) is 0 Å². The van der Waals surface area contributed by atoms with Gasteiger partial charge in [0.25, 0.3) is 0 Å². The Kier molecular flexibility index (Phi) is 3.85. The summed E-state index contributed by atoms with van der Waals surface area (Å²) in [5.74, 6) is 0.775. The first kappa shape index (κ1) is 10.7. The van der Waals surface area contributed by atoms with Gasteiger partial charge in [0.15, 0.2) is 0 Å². The molecule has 0 bridgehead atoms. The molecule has 1 unspecified atom stereocenters. The molecule has 11 heavy (non-hydrogen) atoms. The molecule has 0 aromatic heterocycles. The lowest BCUT2D eigenvalue weighted by molar-refractivity contribution is 0.263. The summed E-state index contributed by atoms with van der Waals surface area (Å²) in [6.07, 6.45) is 3.54. The molecule has 0 aliphatic carbocycles. The van der Waals surface area contributed by atoms with E-state index in [1.54, 1.807) is 0 Å². The molecular formula is C11H22. The highest BCUT2D eigenvalue weighted by atomic mass is 14.2. The molecule has 0 N–H and O–H groups in total. The quantitative estimate of drug-likeness (QED) is 0.527. The van der Waals surface area contributed by atoms with Crippen LogP contribution in [-0.4, -0.2) is 0 Å². The van der Waals surface area contributed by atoms with Crippen molar-refractivity contribution in [3.05, 3.63) is 11.6 Å². The van der Waals surface area contributed by atoms with Crippen molar-refractivity contribution in [3.63, 3.8) is 0 Å². The Morgan fingerprint density at radius 3 is 2.00 bits per heavy atom. The Bertz CT molecular complexity index is 131. The van der Waals surface area contributed by atoms with Gasteiger partial charge in [0, 0.05) is 0 Å². The molecule has 0 spiro atoms. The van der Waals surface area contributed by atoms with Crippen LogP contribution in [-0.2, 0) is 0 Å². The third kappa shape index (κ3) is 5.06. The number of hydrogen-bond acceptors (Lipinski definition) is 0. The highest BCUT2D eigenvalue weighted by Crippen LogP contribution is 2.28. The molecule has 0 aliphatic heterocycles. The number of allylic oxidation sites excluding steroid dienone is 2. The van der Waals surface area contributed by atoms with Crippen LogP contribution in [0.1, 0.15) is 48.0 Å². The van der Waals surface area contributed by atoms with Crippen molar-refractivity contribution in [1.82, 2.24) is 0 Å². The first-order valence-corrected chi connectivity index (χ1v) is 4.47. The van der Waals surface area contributed by atoms with Crippen molar-refractivity contribution < 1.29 is 0 Å². The van der Waals surface area contributed by atoms with Gasteiger partial charge in [-0.3, -0.25) is 0 Å². The molecule has 0 heteroatoms. The average molecular weight is 154 g/mol. The molecule has 0 amide bonds. The second kappa shape index (κ2) is 3.94. The van der Waals surface area contributed by atoms with E-state index < -0.39 is 0 Å². The Hall–Kier alpha value is -0.260. The summed E-state index contributed by atoms with van der Waals surface area (Å²) in [4.78, 5) is 0. The number of hydrogen-bond donors (Lipinski definition) is 0. The maximum atomic E-state index is 2.33. The van der Waals surface area contributed by atoms with E-state index in [-0.39, 0.29) is 0 Å². The van der Waals surface area contributed by atoms with E-state index in [0.717, 1.165) is 5.92 Å². The third-order valence-electron chi connectivity index (χ3n) is 2.36. The summed E-state index contributed by atoms with van der Waals surface area (Å²) >= 11 is 0. The van der Waals surface area contributed by atoms with E-state index in [4.69, 9.17) is 0 Å². The molecule has 0 rings (SSSR count). The van der Waals surface area contributed by atoms with Crippen molar-refractivity contribution in [1.29, 1.82) is 0 Å². The minimum absolute atomic E-state index is 0.450. The largest absolute Gasteiger partial charge is 0.0856 e. The summed E-state index contributed by atoms with van der Waals surface area (Å²) in [5.41, 5.74) is 1.88. The Morgan fingerprint density at radius 2 is 1.73 bits per heavy atom. The van der Waals surface area contributed by atoms with E-state index in [9.17, 15) is 0 Å². The molecule has 0 aromatic rings. The van der Waals surface area contributed by atoms with Crippen molar-refractivity contribution in [2.45, 2.75) is 48.0 Å². The molecule has 0 fully saturated rings. The third-order valence-corrected chi connectivity index (χ3v) is 2.36. The lowest BCUT2D eigenvalue weighted by Crippen LogP contribution is -2.16. The summed E-state index contributed by atoms with van der Waals surface area (Å²) in [5, 5.41) is 0. The summed E-state index contributed by atoms with van der Waals surface area (Å²) in [6.45, 7) is 13.5. The van der Waals surface area contributed by atoms with Gasteiger partial charge >= 0.3 is 0 Å². The van der Waals surface area contributed by atoms with Crippen LogP contribution in [0.5, 0.6) is 0 Å². The van der Waals surface area contributed by atoms with E-state index in [2.05, 4.69) is 47.6 Å². The second-order valence-corrected chi connectivity index (χ2v) is 4.78. The number of rotatable bonds is 2. The van der Waals surface area contributed by atoms with Gasteiger partial charge in [0.05, 0.1) is 0 Å². The Balaban J connectivity index is 3.89. The molecule has 0 radical (unpaired) electrons. The van der Waals surface area contributed by atoms with Crippen LogP contribution >= 0.6 is 0 Å². The fourth-order valence-electron chi connectivity index (χ4n) is 0.766. The predicted molar refractivity (Wildman–Crippen MR) is 52.7 cm³/mol. The molecule has 0 heterocycles. The SMILES string of the molecule is CC(C)=CCC(C)C(C)(C)C. The van der Waals surface area contributed by atoms with Crippen molar-refractivity contribution in [3.8, 4) is 0 Å². The first-order chi connectivity index (χ1) is 4.84. The zero-order valence-electron chi connectivity index (χ0n) is 8.86. The van der Waals surface area contributed by atoms with Gasteiger partial charge < -0.3 is 0 Å². The van der Waals surface area contributed by atoms with E-state index in [0.29, 0.717) is 5.41 Å². The standard InChI is InChI=1S/C11H22/c1-9(2)7-8-10(3)11(4,5)6/h7,10H,8H2,1-6H3. The molecule has 0 saturated carbocycles. The Morgan fingerprint density at radius 1 is 1.27 bits per heavy atom. The highest BCUT2D eigenvalue weighted by molar-refractivity contribution is 4.94. The minimum atomic E-state index is 0.450. The van der Waals surface area contributed by atoms with Crippen LogP contribution in [0.25, 0.3) is 0 Å². The maximum absolute atomic E-state index is 2.33. The van der Waals surface area contributed by atoms with Crippen molar-refractivity contribution in [2.24, 2.45) is 11.3 Å². The fourth-order valence-corrected chi connectivity index (χ4v) is 0.766. The van der Waals surface area contributed by atoms with Crippen LogP contribution in [0.15, 0.2) is 11.6 Å². The Labute approximate surface area is 71.7 Å². The molecule has 1 atom stereocenters. The van der Waals surface area contributed by atoms with Crippen LogP contribution in [0.4, 0.5) is 0 Å². The van der Waals surface area contributed by atoms with Crippen LogP contribution in [0, 0.1) is 11.3 Å². The monoisotopic (exact) mass is 154 g/mol. The summed E-state index contributed by atoms with van der Waals surface area (Å²) in [6, 6.07) is 0. The molecule has 0 aliphatic rings. The van der Waals surface area contributed by atoms with Gasteiger partial charge in [-0.25, -0.2) is 0 Å². The van der Waals surface area contributed by atoms with E-state index in [1.165, 1.54) is 12.0 Å². The van der Waals surface area contributed by atoms with Gasteiger partial charge in [-0.15, -0.1) is 0 Å². The fraction of sp³-hybridized carbons (Fsp3) is 0.818. The normalized spacial score (nSPS) is 14.4. The smallest absolute Gasteiger partial charge is 0.0317 e. The zero-order valence-corrected chi connectivity index (χ0v) is 8.86. The molecule has 0 saturated heterocycles. The zero-order chi connectivity index (χ0) is 9.07. The van der Waals surface area contributed by atoms with Gasteiger partial charge in [-0.1, -0.05) is 39.3 Å². The topological polar surface area (TPSA) is 0 Å². The molecule has 0 nitrogen and oxygen atoms in total. The molecular weight excluding hydrogens is 132 g/mol. The van der Waals surface area contributed by atoms with E-state index >= 15 is 0 Å². The lowest BCUT2D eigenvalue weighted by Gasteiger charge is -2.26. The van der Waals surface area contributed by atoms with Gasteiger partial charge in [0.2, 0.25) is 0 Å². The lowest BCUT2D eigenvalue weighted by atomic mass is 9.80. The van der Waals surface area contributed by atoms with Gasteiger partial charge in [-0.05, 0) is 31.6 Å².